The molecule has 2 amide bonds. The van der Waals surface area contributed by atoms with Crippen LogP contribution in [0, 0.1) is 11.2 Å². The highest BCUT2D eigenvalue weighted by atomic mass is 32.1. The number of amides is 2. The number of thiazole rings is 1. The van der Waals surface area contributed by atoms with Crippen LogP contribution in [-0.4, -0.2) is 73.5 Å². The Labute approximate surface area is 220 Å². The molecule has 0 spiro atoms. The summed E-state index contributed by atoms with van der Waals surface area (Å²) in [6, 6.07) is 5.77. The lowest BCUT2D eigenvalue weighted by atomic mass is 9.88. The number of aliphatic hydroxyl groups excluding tert-OH is 1. The van der Waals surface area contributed by atoms with Crippen LogP contribution in [0.3, 0.4) is 0 Å². The summed E-state index contributed by atoms with van der Waals surface area (Å²) in [6.45, 7) is 12.9. The van der Waals surface area contributed by atoms with Crippen molar-refractivity contribution in [1.82, 2.24) is 24.8 Å². The Morgan fingerprint density at radius 3 is 2.41 bits per heavy atom. The standard InChI is InChI=1S/C27H34FN5O3S/c1-15(2)20-21-23(31-22(29-20)17-7-9-18(28)10-8-17)37-24(30-21)26(36)32-11-12-33(16(3)14-32)25(35)19(34)13-27(4,5)6/h7-10,15-16,19,34H,11-14H2,1-6H3. The Hall–Kier alpha value is -2.98. The van der Waals surface area contributed by atoms with E-state index in [1.165, 1.54) is 23.5 Å². The molecule has 4 rings (SSSR count). The van der Waals surface area contributed by atoms with Crippen LogP contribution >= 0.6 is 11.3 Å². The van der Waals surface area contributed by atoms with E-state index in [1.54, 1.807) is 21.9 Å². The van der Waals surface area contributed by atoms with Gasteiger partial charge >= 0.3 is 0 Å². The van der Waals surface area contributed by atoms with Gasteiger partial charge in [0.15, 0.2) is 10.8 Å². The molecule has 1 fully saturated rings. The largest absolute Gasteiger partial charge is 0.383 e. The third-order valence-electron chi connectivity index (χ3n) is 6.41. The topological polar surface area (TPSA) is 99.5 Å². The van der Waals surface area contributed by atoms with E-state index in [0.717, 1.165) is 5.69 Å². The van der Waals surface area contributed by atoms with Crippen molar-refractivity contribution in [2.45, 2.75) is 66.0 Å². The molecule has 10 heteroatoms. The zero-order valence-corrected chi connectivity index (χ0v) is 23.0. The molecule has 1 N–H and O–H groups in total. The SMILES string of the molecule is CC(C)c1nc(-c2ccc(F)cc2)nc2sc(C(=O)N3CCN(C(=O)C(O)CC(C)(C)C)C(C)C3)nc12. The second kappa shape index (κ2) is 10.4. The van der Waals surface area contributed by atoms with Crippen LogP contribution < -0.4 is 0 Å². The minimum Gasteiger partial charge on any atom is -0.383 e. The molecule has 1 aliphatic heterocycles. The summed E-state index contributed by atoms with van der Waals surface area (Å²) in [5.74, 6) is -0.327. The van der Waals surface area contributed by atoms with Crippen molar-refractivity contribution in [3.8, 4) is 11.4 Å². The normalized spacial score (nSPS) is 17.5. The van der Waals surface area contributed by atoms with Crippen LogP contribution in [0.25, 0.3) is 21.7 Å². The van der Waals surface area contributed by atoms with Gasteiger partial charge in [-0.15, -0.1) is 0 Å². The molecule has 1 aliphatic rings. The molecular weight excluding hydrogens is 493 g/mol. The fourth-order valence-electron chi connectivity index (χ4n) is 4.53. The molecule has 2 aromatic heterocycles. The number of carbonyl (C=O) groups is 2. The van der Waals surface area contributed by atoms with Crippen molar-refractivity contribution in [1.29, 1.82) is 0 Å². The van der Waals surface area contributed by atoms with Crippen molar-refractivity contribution < 1.29 is 19.1 Å². The second-order valence-corrected chi connectivity index (χ2v) is 12.2. The number of aromatic nitrogens is 3. The molecule has 3 aromatic rings. The Morgan fingerprint density at radius 1 is 1.14 bits per heavy atom. The number of nitrogens with zero attached hydrogens (tertiary/aromatic N) is 5. The number of hydrogen-bond donors (Lipinski definition) is 1. The van der Waals surface area contributed by atoms with Crippen LogP contribution in [0.2, 0.25) is 0 Å². The third kappa shape index (κ3) is 5.96. The summed E-state index contributed by atoms with van der Waals surface area (Å²) in [4.78, 5) is 44.2. The first-order valence-corrected chi connectivity index (χ1v) is 13.4. The van der Waals surface area contributed by atoms with E-state index in [2.05, 4.69) is 15.0 Å². The zero-order chi connectivity index (χ0) is 27.1. The van der Waals surface area contributed by atoms with Gasteiger partial charge < -0.3 is 14.9 Å². The molecule has 0 bridgehead atoms. The van der Waals surface area contributed by atoms with Crippen LogP contribution in [0.5, 0.6) is 0 Å². The number of hydrogen-bond acceptors (Lipinski definition) is 7. The van der Waals surface area contributed by atoms with E-state index in [1.807, 2.05) is 41.5 Å². The first-order chi connectivity index (χ1) is 17.3. The number of carbonyl (C=O) groups excluding carboxylic acids is 2. The van der Waals surface area contributed by atoms with Gasteiger partial charge in [-0.1, -0.05) is 46.0 Å². The zero-order valence-electron chi connectivity index (χ0n) is 22.2. The summed E-state index contributed by atoms with van der Waals surface area (Å²) < 4.78 is 13.4. The fraction of sp³-hybridized carbons (Fsp3) is 0.519. The summed E-state index contributed by atoms with van der Waals surface area (Å²) in [7, 11) is 0. The van der Waals surface area contributed by atoms with E-state index < -0.39 is 6.10 Å². The summed E-state index contributed by atoms with van der Waals surface area (Å²) in [5, 5.41) is 10.8. The lowest BCUT2D eigenvalue weighted by Gasteiger charge is -2.40. The van der Waals surface area contributed by atoms with Gasteiger partial charge in [-0.25, -0.2) is 19.3 Å². The molecule has 0 saturated carbocycles. The van der Waals surface area contributed by atoms with Crippen molar-refractivity contribution >= 4 is 33.5 Å². The maximum Gasteiger partial charge on any atom is 0.283 e. The maximum atomic E-state index is 13.4. The molecule has 1 aromatic carbocycles. The van der Waals surface area contributed by atoms with Crippen molar-refractivity contribution in [2.24, 2.45) is 5.41 Å². The molecule has 2 atom stereocenters. The van der Waals surface area contributed by atoms with Crippen molar-refractivity contribution in [3.05, 3.63) is 40.8 Å². The number of aliphatic hydroxyl groups is 1. The average molecular weight is 528 g/mol. The highest BCUT2D eigenvalue weighted by molar-refractivity contribution is 7.19. The Balaban J connectivity index is 1.55. The van der Waals surface area contributed by atoms with Gasteiger partial charge in [0.2, 0.25) is 0 Å². The molecule has 37 heavy (non-hydrogen) atoms. The van der Waals surface area contributed by atoms with Crippen LogP contribution in [0.1, 0.15) is 69.4 Å². The lowest BCUT2D eigenvalue weighted by Crippen LogP contribution is -2.57. The smallest absolute Gasteiger partial charge is 0.283 e. The second-order valence-electron chi connectivity index (χ2n) is 11.2. The summed E-state index contributed by atoms with van der Waals surface area (Å²) in [5.41, 5.74) is 1.85. The van der Waals surface area contributed by atoms with Gasteiger partial charge in [0.05, 0.1) is 5.69 Å². The minimum absolute atomic E-state index is 0.0452. The summed E-state index contributed by atoms with van der Waals surface area (Å²) in [6.07, 6.45) is -0.681. The van der Waals surface area contributed by atoms with E-state index >= 15 is 0 Å². The average Bonchev–Trinajstić information content (AvgIpc) is 3.26. The lowest BCUT2D eigenvalue weighted by molar-refractivity contribution is -0.145. The quantitative estimate of drug-likeness (QED) is 0.525. The summed E-state index contributed by atoms with van der Waals surface area (Å²) >= 11 is 1.21. The van der Waals surface area contributed by atoms with E-state index in [4.69, 9.17) is 0 Å². The first-order valence-electron chi connectivity index (χ1n) is 12.6. The third-order valence-corrected chi connectivity index (χ3v) is 7.34. The first kappa shape index (κ1) is 27.1. The molecule has 2 unspecified atom stereocenters. The molecule has 8 nitrogen and oxygen atoms in total. The number of rotatable bonds is 5. The molecular formula is C27H34FN5O3S. The predicted octanol–water partition coefficient (Wildman–Crippen LogP) is 4.49. The van der Waals surface area contributed by atoms with Gasteiger partial charge in [0, 0.05) is 31.2 Å². The van der Waals surface area contributed by atoms with Crippen LogP contribution in [-0.2, 0) is 4.79 Å². The van der Waals surface area contributed by atoms with Gasteiger partial charge in [0.1, 0.15) is 22.3 Å². The molecule has 0 radical (unpaired) electrons. The predicted molar refractivity (Wildman–Crippen MR) is 142 cm³/mol. The van der Waals surface area contributed by atoms with Crippen LogP contribution in [0.15, 0.2) is 24.3 Å². The molecule has 3 heterocycles. The van der Waals surface area contributed by atoms with Gasteiger partial charge in [-0.2, -0.15) is 0 Å². The highest BCUT2D eigenvalue weighted by Crippen LogP contribution is 2.31. The van der Waals surface area contributed by atoms with Crippen molar-refractivity contribution in [2.75, 3.05) is 19.6 Å². The van der Waals surface area contributed by atoms with E-state index in [0.29, 0.717) is 52.8 Å². The van der Waals surface area contributed by atoms with Crippen molar-refractivity contribution in [3.63, 3.8) is 0 Å². The van der Waals surface area contributed by atoms with E-state index in [9.17, 15) is 19.1 Å². The van der Waals surface area contributed by atoms with Gasteiger partial charge in [-0.3, -0.25) is 9.59 Å². The molecule has 1 saturated heterocycles. The number of piperazine rings is 1. The number of halogens is 1. The maximum absolute atomic E-state index is 13.4. The Kier molecular flexibility index (Phi) is 7.62. The van der Waals surface area contributed by atoms with Gasteiger partial charge in [-0.05, 0) is 48.9 Å². The Morgan fingerprint density at radius 2 is 1.81 bits per heavy atom. The molecule has 198 valence electrons. The minimum atomic E-state index is -1.06. The monoisotopic (exact) mass is 527 g/mol. The highest BCUT2D eigenvalue weighted by Gasteiger charge is 2.35. The fourth-order valence-corrected chi connectivity index (χ4v) is 5.44. The van der Waals surface area contributed by atoms with Crippen LogP contribution in [0.4, 0.5) is 4.39 Å². The molecule has 0 aliphatic carbocycles. The Bertz CT molecular complexity index is 1300. The number of fused-ring (bicyclic) bond motifs is 1. The number of benzene rings is 1. The van der Waals surface area contributed by atoms with E-state index in [-0.39, 0.29) is 35.0 Å². The van der Waals surface area contributed by atoms with Gasteiger partial charge in [0.25, 0.3) is 11.8 Å².